The lowest BCUT2D eigenvalue weighted by Crippen LogP contribution is -2.12. The van der Waals surface area contributed by atoms with E-state index >= 15 is 0 Å². The second kappa shape index (κ2) is 8.46. The summed E-state index contributed by atoms with van der Waals surface area (Å²) in [5.74, 6) is -2.52. The Hall–Kier alpha value is -3.89. The number of aryl methyl sites for hydroxylation is 1. The molecule has 0 atom stereocenters. The van der Waals surface area contributed by atoms with Crippen molar-refractivity contribution in [1.82, 2.24) is 0 Å². The van der Waals surface area contributed by atoms with E-state index in [0.29, 0.717) is 11.4 Å². The van der Waals surface area contributed by atoms with Gasteiger partial charge in [-0.2, -0.15) is 0 Å². The number of nitrogens with one attached hydrogen (secondary N) is 2. The Bertz CT molecular complexity index is 1250. The first-order chi connectivity index (χ1) is 14.5. The summed E-state index contributed by atoms with van der Waals surface area (Å²) in [5, 5.41) is 30.1. The van der Waals surface area contributed by atoms with Crippen LogP contribution >= 0.6 is 0 Å². The molecule has 0 unspecified atom stereocenters. The van der Waals surface area contributed by atoms with Gasteiger partial charge in [0.05, 0.1) is 27.4 Å². The highest BCUT2D eigenvalue weighted by molar-refractivity contribution is 7.89. The first kappa shape index (κ1) is 21.8. The van der Waals surface area contributed by atoms with Gasteiger partial charge in [-0.05, 0) is 55.5 Å². The van der Waals surface area contributed by atoms with Crippen molar-refractivity contribution >= 4 is 44.7 Å². The lowest BCUT2D eigenvalue weighted by atomic mass is 10.0. The van der Waals surface area contributed by atoms with E-state index < -0.39 is 22.0 Å². The molecule has 0 aliphatic heterocycles. The van der Waals surface area contributed by atoms with Crippen LogP contribution in [-0.4, -0.2) is 30.6 Å². The van der Waals surface area contributed by atoms with Crippen LogP contribution in [0.2, 0.25) is 0 Å². The zero-order chi connectivity index (χ0) is 22.8. The average molecular weight is 441 g/mol. The lowest BCUT2D eigenvalue weighted by Gasteiger charge is -2.16. The fourth-order valence-electron chi connectivity index (χ4n) is 2.84. The van der Waals surface area contributed by atoms with E-state index in [1.54, 1.807) is 12.1 Å². The summed E-state index contributed by atoms with van der Waals surface area (Å²) in [6.45, 7) is 1.91. The van der Waals surface area contributed by atoms with Crippen LogP contribution in [0, 0.1) is 6.92 Å². The standard InChI is InChI=1S/C21H19N3O6S/c1-12-2-4-13(5-3-12)23-18-10-17(21(27)28)19(11-16(18)20(25)26)24-14-6-8-15(9-7-14)31(22,29)30/h2-11,23-24H,1H3,(H,25,26)(H,27,28)(H2,22,29,30). The van der Waals surface area contributed by atoms with Gasteiger partial charge in [0.25, 0.3) is 0 Å². The molecular weight excluding hydrogens is 422 g/mol. The van der Waals surface area contributed by atoms with Crippen molar-refractivity contribution in [1.29, 1.82) is 0 Å². The quantitative estimate of drug-likeness (QED) is 0.372. The summed E-state index contributed by atoms with van der Waals surface area (Å²) < 4.78 is 22.8. The predicted molar refractivity (Wildman–Crippen MR) is 116 cm³/mol. The van der Waals surface area contributed by atoms with E-state index in [1.807, 2.05) is 19.1 Å². The van der Waals surface area contributed by atoms with Crippen molar-refractivity contribution in [3.05, 3.63) is 77.4 Å². The van der Waals surface area contributed by atoms with Crippen molar-refractivity contribution in [3.63, 3.8) is 0 Å². The normalized spacial score (nSPS) is 11.0. The van der Waals surface area contributed by atoms with Gasteiger partial charge in [0, 0.05) is 11.4 Å². The zero-order valence-corrected chi connectivity index (χ0v) is 17.1. The molecule has 3 aromatic carbocycles. The molecule has 160 valence electrons. The zero-order valence-electron chi connectivity index (χ0n) is 16.3. The third-order valence-corrected chi connectivity index (χ3v) is 5.34. The summed E-state index contributed by atoms with van der Waals surface area (Å²) in [6, 6.07) is 14.9. The number of sulfonamides is 1. The van der Waals surface area contributed by atoms with Gasteiger partial charge in [0.1, 0.15) is 0 Å². The molecule has 0 spiro atoms. The maximum atomic E-state index is 11.8. The fraction of sp³-hybridized carbons (Fsp3) is 0.0476. The van der Waals surface area contributed by atoms with E-state index in [4.69, 9.17) is 5.14 Å². The summed E-state index contributed by atoms with van der Waals surface area (Å²) in [5.41, 5.74) is 1.80. The smallest absolute Gasteiger partial charge is 0.337 e. The second-order valence-corrected chi connectivity index (χ2v) is 8.30. The van der Waals surface area contributed by atoms with Crippen LogP contribution in [0.5, 0.6) is 0 Å². The number of carboxylic acids is 2. The SMILES string of the molecule is Cc1ccc(Nc2cc(C(=O)O)c(Nc3ccc(S(N)(=O)=O)cc3)cc2C(=O)O)cc1. The monoisotopic (exact) mass is 441 g/mol. The molecular formula is C21H19N3O6S. The molecule has 0 bridgehead atoms. The van der Waals surface area contributed by atoms with E-state index in [1.165, 1.54) is 36.4 Å². The summed E-state index contributed by atoms with van der Waals surface area (Å²) in [6.07, 6.45) is 0. The number of nitrogens with two attached hydrogens (primary N) is 1. The van der Waals surface area contributed by atoms with Crippen LogP contribution < -0.4 is 15.8 Å². The highest BCUT2D eigenvalue weighted by Crippen LogP contribution is 2.31. The minimum absolute atomic E-state index is 0.0303. The predicted octanol–water partition coefficient (Wildman–Crippen LogP) is 3.53. The van der Waals surface area contributed by atoms with Crippen LogP contribution in [0.3, 0.4) is 0 Å². The number of primary sulfonamides is 1. The Balaban J connectivity index is 2.02. The molecule has 0 radical (unpaired) electrons. The molecule has 3 aromatic rings. The van der Waals surface area contributed by atoms with Crippen molar-refractivity contribution < 1.29 is 28.2 Å². The van der Waals surface area contributed by atoms with E-state index in [9.17, 15) is 28.2 Å². The molecule has 0 amide bonds. The molecule has 31 heavy (non-hydrogen) atoms. The molecule has 9 nitrogen and oxygen atoms in total. The Morgan fingerprint density at radius 3 is 1.52 bits per heavy atom. The van der Waals surface area contributed by atoms with E-state index in [-0.39, 0.29) is 27.4 Å². The van der Waals surface area contributed by atoms with Gasteiger partial charge in [-0.15, -0.1) is 0 Å². The van der Waals surface area contributed by atoms with Gasteiger partial charge in [-0.25, -0.2) is 23.1 Å². The second-order valence-electron chi connectivity index (χ2n) is 6.74. The van der Waals surface area contributed by atoms with E-state index in [0.717, 1.165) is 5.56 Å². The Morgan fingerprint density at radius 2 is 1.16 bits per heavy atom. The number of hydrogen-bond acceptors (Lipinski definition) is 6. The summed E-state index contributed by atoms with van der Waals surface area (Å²) in [7, 11) is -3.88. The van der Waals surface area contributed by atoms with E-state index in [2.05, 4.69) is 10.6 Å². The van der Waals surface area contributed by atoms with Gasteiger partial charge in [-0.1, -0.05) is 17.7 Å². The Morgan fingerprint density at radius 1 is 0.774 bits per heavy atom. The maximum absolute atomic E-state index is 11.8. The van der Waals surface area contributed by atoms with Crippen LogP contribution in [0.1, 0.15) is 26.3 Å². The highest BCUT2D eigenvalue weighted by Gasteiger charge is 2.19. The van der Waals surface area contributed by atoms with Crippen molar-refractivity contribution in [2.45, 2.75) is 11.8 Å². The number of aromatic carboxylic acids is 2. The molecule has 3 rings (SSSR count). The third kappa shape index (κ3) is 5.18. The van der Waals surface area contributed by atoms with Gasteiger partial charge in [0.15, 0.2) is 0 Å². The molecule has 6 N–H and O–H groups in total. The van der Waals surface area contributed by atoms with Gasteiger partial charge in [-0.3, -0.25) is 0 Å². The largest absolute Gasteiger partial charge is 0.478 e. The number of benzene rings is 3. The maximum Gasteiger partial charge on any atom is 0.337 e. The molecule has 0 saturated heterocycles. The molecule has 0 aromatic heterocycles. The first-order valence-corrected chi connectivity index (χ1v) is 10.5. The lowest BCUT2D eigenvalue weighted by molar-refractivity contribution is 0.0683. The fourth-order valence-corrected chi connectivity index (χ4v) is 3.35. The molecule has 0 heterocycles. The molecule has 10 heteroatoms. The molecule has 0 fully saturated rings. The van der Waals surface area contributed by atoms with Gasteiger partial charge in [0.2, 0.25) is 10.0 Å². The molecule has 0 aliphatic rings. The van der Waals surface area contributed by atoms with Crippen LogP contribution in [0.25, 0.3) is 0 Å². The van der Waals surface area contributed by atoms with Crippen LogP contribution in [0.4, 0.5) is 22.7 Å². The number of hydrogen-bond donors (Lipinski definition) is 5. The minimum Gasteiger partial charge on any atom is -0.478 e. The Kier molecular flexibility index (Phi) is 5.95. The Labute approximate surface area is 178 Å². The minimum atomic E-state index is -3.88. The van der Waals surface area contributed by atoms with Crippen LogP contribution in [-0.2, 0) is 10.0 Å². The number of carboxylic acid groups (broad SMARTS) is 2. The summed E-state index contributed by atoms with van der Waals surface area (Å²) >= 11 is 0. The molecule has 0 aliphatic carbocycles. The van der Waals surface area contributed by atoms with Gasteiger partial charge >= 0.3 is 11.9 Å². The highest BCUT2D eigenvalue weighted by atomic mass is 32.2. The van der Waals surface area contributed by atoms with Crippen molar-refractivity contribution in [2.24, 2.45) is 5.14 Å². The van der Waals surface area contributed by atoms with Crippen LogP contribution in [0.15, 0.2) is 65.6 Å². The third-order valence-electron chi connectivity index (χ3n) is 4.41. The van der Waals surface area contributed by atoms with Crippen molar-refractivity contribution in [3.8, 4) is 0 Å². The first-order valence-electron chi connectivity index (χ1n) is 8.93. The van der Waals surface area contributed by atoms with Crippen molar-refractivity contribution in [2.75, 3.05) is 10.6 Å². The van der Waals surface area contributed by atoms with Gasteiger partial charge < -0.3 is 20.8 Å². The number of rotatable bonds is 7. The number of carbonyl (C=O) groups is 2. The summed E-state index contributed by atoms with van der Waals surface area (Å²) in [4.78, 5) is 23.5. The topological polar surface area (TPSA) is 159 Å². The average Bonchev–Trinajstić information content (AvgIpc) is 2.70. The molecule has 0 saturated carbocycles. The number of anilines is 4.